The number of allylic oxidation sites excluding steroid dienone is 4. The van der Waals surface area contributed by atoms with Crippen molar-refractivity contribution in [3.63, 3.8) is 0 Å². The van der Waals surface area contributed by atoms with Gasteiger partial charge in [-0.3, -0.25) is 0 Å². The monoisotopic (exact) mass is 680 g/mol. The van der Waals surface area contributed by atoms with E-state index in [1.165, 1.54) is 68.7 Å². The Bertz CT molecular complexity index is 1970. The fraction of sp³-hybridized carbons (Fsp3) is 0.250. The minimum atomic E-state index is -1.24. The largest absolute Gasteiger partial charge is 1.00 e. The van der Waals surface area contributed by atoms with Crippen LogP contribution >= 0.6 is 0 Å². The van der Waals surface area contributed by atoms with Crippen LogP contribution in [0.25, 0.3) is 26.6 Å². The zero-order valence-corrected chi connectivity index (χ0v) is 30.3. The van der Waals surface area contributed by atoms with Gasteiger partial charge in [0, 0.05) is 0 Å². The van der Waals surface area contributed by atoms with E-state index in [1.807, 2.05) is 0 Å². The van der Waals surface area contributed by atoms with Crippen molar-refractivity contribution in [2.75, 3.05) is 0 Å². The number of hydrogen-bond donors (Lipinski definition) is 0. The van der Waals surface area contributed by atoms with Crippen molar-refractivity contribution in [2.24, 2.45) is 0 Å². The van der Waals surface area contributed by atoms with Crippen molar-refractivity contribution in [3.8, 4) is 11.1 Å². The van der Waals surface area contributed by atoms with Crippen LogP contribution in [0.5, 0.6) is 0 Å². The molecule has 0 spiro atoms. The Morgan fingerprint density at radius 1 is 0.721 bits per heavy atom. The van der Waals surface area contributed by atoms with Crippen molar-refractivity contribution < 1.29 is 48.0 Å². The number of aryl methyl sites for hydroxylation is 1. The van der Waals surface area contributed by atoms with Gasteiger partial charge in [0.2, 0.25) is 0 Å². The van der Waals surface area contributed by atoms with Crippen LogP contribution in [0.4, 0.5) is 0 Å². The van der Waals surface area contributed by atoms with Gasteiger partial charge in [-0.1, -0.05) is 0 Å². The zero-order chi connectivity index (χ0) is 29.1. The number of halogens is 2. The van der Waals surface area contributed by atoms with Crippen LogP contribution in [-0.2, 0) is 34.1 Å². The van der Waals surface area contributed by atoms with E-state index in [9.17, 15) is 0 Å². The van der Waals surface area contributed by atoms with Gasteiger partial charge in [-0.25, -0.2) is 0 Å². The quantitative estimate of drug-likeness (QED) is 0.310. The van der Waals surface area contributed by atoms with Crippen LogP contribution in [-0.4, -0.2) is 0 Å². The molecule has 0 aliphatic heterocycles. The molecule has 6 rings (SSSR count). The first-order chi connectivity index (χ1) is 19.4. The SMILES string of the molecule is C=c1c(C(C)(C)C)cc2c(c1C1=CC=CC1)[C]([Zr+2][c]1ccccc1-c1ccc(C)cc1)=c1ccc(C(C)(C)C)cc1=2.[Cl-].[Cl-]. The van der Waals surface area contributed by atoms with E-state index in [-0.39, 0.29) is 35.6 Å². The fourth-order valence-electron chi connectivity index (χ4n) is 6.28. The molecule has 0 radical (unpaired) electrons. The smallest absolute Gasteiger partial charge is 1.00 e. The molecule has 2 aliphatic rings. The second-order valence-corrected chi connectivity index (χ2v) is 16.9. The Hall–Kier alpha value is -2.44. The molecule has 218 valence electrons. The summed E-state index contributed by atoms with van der Waals surface area (Å²) in [4.78, 5) is 0. The third kappa shape index (κ3) is 6.24. The van der Waals surface area contributed by atoms with E-state index in [1.54, 1.807) is 3.28 Å². The molecule has 43 heavy (non-hydrogen) atoms. The second kappa shape index (κ2) is 12.5. The number of benzene rings is 4. The van der Waals surface area contributed by atoms with Crippen LogP contribution in [0.2, 0.25) is 0 Å². The van der Waals surface area contributed by atoms with E-state index >= 15 is 0 Å². The van der Waals surface area contributed by atoms with Crippen LogP contribution < -0.4 is 38.5 Å². The van der Waals surface area contributed by atoms with Gasteiger partial charge in [0.05, 0.1) is 0 Å². The summed E-state index contributed by atoms with van der Waals surface area (Å²) in [5.74, 6) is 0. The molecule has 4 aromatic carbocycles. The molecule has 0 bridgehead atoms. The predicted octanol–water partition coefficient (Wildman–Crippen LogP) is 2.18. The molecule has 0 aromatic heterocycles. The van der Waals surface area contributed by atoms with Gasteiger partial charge in [-0.15, -0.1) is 0 Å². The first kappa shape index (κ1) is 33.5. The molecule has 0 unspecified atom stereocenters. The van der Waals surface area contributed by atoms with Crippen LogP contribution in [0, 0.1) is 17.4 Å². The van der Waals surface area contributed by atoms with Gasteiger partial charge >= 0.3 is 258 Å². The Kier molecular flexibility index (Phi) is 9.74. The molecule has 0 N–H and O–H groups in total. The summed E-state index contributed by atoms with van der Waals surface area (Å²) in [5, 5.41) is 5.47. The molecule has 0 amide bonds. The van der Waals surface area contributed by atoms with E-state index in [4.69, 9.17) is 6.58 Å². The summed E-state index contributed by atoms with van der Waals surface area (Å²) in [6, 6.07) is 28.0. The predicted molar refractivity (Wildman–Crippen MR) is 173 cm³/mol. The molecule has 0 heterocycles. The van der Waals surface area contributed by atoms with Gasteiger partial charge in [-0.2, -0.15) is 0 Å². The maximum absolute atomic E-state index is 4.78. The van der Waals surface area contributed by atoms with E-state index < -0.39 is 23.2 Å². The van der Waals surface area contributed by atoms with Gasteiger partial charge in [0.1, 0.15) is 0 Å². The Balaban J connectivity index is 0.00000212. The summed E-state index contributed by atoms with van der Waals surface area (Å²) in [5.41, 5.74) is 11.1. The van der Waals surface area contributed by atoms with E-state index in [0.29, 0.717) is 0 Å². The normalized spacial score (nSPS) is 13.5. The average molecular weight is 683 g/mol. The van der Waals surface area contributed by atoms with Crippen LogP contribution in [0.15, 0.2) is 91.0 Å². The Morgan fingerprint density at radius 2 is 1.42 bits per heavy atom. The summed E-state index contributed by atoms with van der Waals surface area (Å²) in [6.45, 7) is 20.9. The van der Waals surface area contributed by atoms with Gasteiger partial charge in [-0.05, 0) is 0 Å². The Labute approximate surface area is 281 Å². The van der Waals surface area contributed by atoms with Crippen molar-refractivity contribution in [1.29, 1.82) is 0 Å². The molecule has 2 aliphatic carbocycles. The summed E-state index contributed by atoms with van der Waals surface area (Å²) >= 11 is -1.24. The molecule has 3 heteroatoms. The third-order valence-electron chi connectivity index (χ3n) is 8.58. The molecular weight excluding hydrogens is 643 g/mol. The van der Waals surface area contributed by atoms with Gasteiger partial charge in [0.25, 0.3) is 0 Å². The van der Waals surface area contributed by atoms with Crippen molar-refractivity contribution in [3.05, 3.63) is 140 Å². The summed E-state index contributed by atoms with van der Waals surface area (Å²) < 4.78 is 3.12. The zero-order valence-electron chi connectivity index (χ0n) is 26.3. The van der Waals surface area contributed by atoms with Gasteiger partial charge in [0.15, 0.2) is 0 Å². The average Bonchev–Trinajstić information content (AvgIpc) is 3.55. The maximum Gasteiger partial charge on any atom is -1.00 e. The van der Waals surface area contributed by atoms with E-state index in [2.05, 4.69) is 139 Å². The number of rotatable bonds is 4. The number of hydrogen-bond acceptors (Lipinski definition) is 0. The second-order valence-electron chi connectivity index (χ2n) is 13.7. The third-order valence-corrected chi connectivity index (χ3v) is 12.2. The minimum Gasteiger partial charge on any atom is -1.00 e. The maximum atomic E-state index is 4.78. The first-order valence-electron chi connectivity index (χ1n) is 14.8. The number of fused-ring (bicyclic) bond motifs is 2. The van der Waals surface area contributed by atoms with Crippen molar-refractivity contribution >= 4 is 18.7 Å². The van der Waals surface area contributed by atoms with Gasteiger partial charge < -0.3 is 24.8 Å². The fourth-order valence-corrected chi connectivity index (χ4v) is 10.1. The van der Waals surface area contributed by atoms with Crippen LogP contribution in [0.3, 0.4) is 0 Å². The van der Waals surface area contributed by atoms with Crippen LogP contribution in [0.1, 0.15) is 75.8 Å². The Morgan fingerprint density at radius 3 is 2.05 bits per heavy atom. The minimum absolute atomic E-state index is 0. The van der Waals surface area contributed by atoms with Crippen molar-refractivity contribution in [1.82, 2.24) is 0 Å². The standard InChI is InChI=1S/C27H29.C13H11.2ClH.Zr/c1-17-24(27(5,6)7)16-22-21-15-20(26(2,3)4)13-12-19(21)14-23(22)25(17)18-10-8-9-11-18;1-11-7-9-13(10-8-11)12-5-3-2-4-6-12;;;/h8-10,12-13,15-16H,1,11H2,2-7H3;2-5,7-10H,1H3;2*1H;/q;;;;+2/p-2. The molecule has 4 aromatic rings. The van der Waals surface area contributed by atoms with Crippen molar-refractivity contribution in [2.45, 2.75) is 65.7 Å². The summed E-state index contributed by atoms with van der Waals surface area (Å²) in [6.07, 6.45) is 7.81. The molecule has 0 saturated carbocycles. The van der Waals surface area contributed by atoms with E-state index in [0.717, 1.165) is 6.42 Å². The molecule has 0 saturated heterocycles. The molecule has 0 atom stereocenters. The first-order valence-corrected chi connectivity index (χ1v) is 17.2. The topological polar surface area (TPSA) is 0 Å². The molecular formula is C40H40Cl2Zr. The molecule has 0 fully saturated rings. The summed E-state index contributed by atoms with van der Waals surface area (Å²) in [7, 11) is 0. The molecule has 0 nitrogen and oxygen atoms in total.